The Labute approximate surface area is 159 Å². The fraction of sp³-hybridized carbons (Fsp3) is 0.158. The zero-order valence-corrected chi connectivity index (χ0v) is 15.7. The summed E-state index contributed by atoms with van der Waals surface area (Å²) in [6, 6.07) is 13.6. The summed E-state index contributed by atoms with van der Waals surface area (Å²) < 4.78 is 18.9. The maximum absolute atomic E-state index is 12.9. The normalized spacial score (nSPS) is 10.5. The second kappa shape index (κ2) is 8.82. The zero-order valence-electron chi connectivity index (χ0n) is 14.1. The van der Waals surface area contributed by atoms with Crippen molar-refractivity contribution in [2.24, 2.45) is 0 Å². The van der Waals surface area contributed by atoms with E-state index < -0.39 is 0 Å². The summed E-state index contributed by atoms with van der Waals surface area (Å²) in [6.45, 7) is 0. The molecule has 1 N–H and O–H groups in total. The molecule has 0 saturated carbocycles. The topological polar surface area (TPSA) is 51.2 Å². The molecule has 134 valence electrons. The second-order valence-electron chi connectivity index (χ2n) is 5.47. The number of amides is 1. The van der Waals surface area contributed by atoms with E-state index in [9.17, 15) is 9.18 Å². The van der Waals surface area contributed by atoms with Crippen LogP contribution in [-0.2, 0) is 17.0 Å². The van der Waals surface area contributed by atoms with E-state index in [0.29, 0.717) is 5.75 Å². The van der Waals surface area contributed by atoms with Crippen LogP contribution in [0.25, 0.3) is 0 Å². The van der Waals surface area contributed by atoms with Crippen LogP contribution >= 0.6 is 23.1 Å². The number of ether oxygens (including phenoxy) is 1. The highest BCUT2D eigenvalue weighted by Crippen LogP contribution is 2.26. The smallest absolute Gasteiger partial charge is 0.230 e. The van der Waals surface area contributed by atoms with Crippen molar-refractivity contribution in [3.63, 3.8) is 0 Å². The van der Waals surface area contributed by atoms with Gasteiger partial charge in [-0.1, -0.05) is 23.9 Å². The molecule has 3 aromatic rings. The number of anilines is 1. The summed E-state index contributed by atoms with van der Waals surface area (Å²) in [6.07, 6.45) is 0.222. The van der Waals surface area contributed by atoms with Gasteiger partial charge in [-0.25, -0.2) is 9.37 Å². The van der Waals surface area contributed by atoms with Crippen molar-refractivity contribution >= 4 is 34.7 Å². The van der Waals surface area contributed by atoms with Gasteiger partial charge in [0.2, 0.25) is 5.91 Å². The molecule has 0 atom stereocenters. The van der Waals surface area contributed by atoms with E-state index in [0.717, 1.165) is 27.0 Å². The molecule has 0 bridgehead atoms. The standard InChI is InChI=1S/C19H17FN2O2S2/c1-24-17-8-6-15(7-9-17)21-18(23)10-16-12-26-19(22-16)25-11-13-2-4-14(20)5-3-13/h2-9,12H,10-11H2,1H3,(H,21,23). The van der Waals surface area contributed by atoms with Gasteiger partial charge in [-0.15, -0.1) is 11.3 Å². The van der Waals surface area contributed by atoms with Gasteiger partial charge >= 0.3 is 0 Å². The number of rotatable bonds is 7. The Morgan fingerprint density at radius 2 is 1.92 bits per heavy atom. The highest BCUT2D eigenvalue weighted by atomic mass is 32.2. The maximum Gasteiger partial charge on any atom is 0.230 e. The SMILES string of the molecule is COc1ccc(NC(=O)Cc2csc(SCc3ccc(F)cc3)n2)cc1. The predicted octanol–water partition coefficient (Wildman–Crippen LogP) is 4.76. The van der Waals surface area contributed by atoms with Crippen LogP contribution in [0.15, 0.2) is 58.3 Å². The first-order valence-electron chi connectivity index (χ1n) is 7.88. The molecule has 1 amide bonds. The predicted molar refractivity (Wildman–Crippen MR) is 103 cm³/mol. The number of carbonyl (C=O) groups excluding carboxylic acids is 1. The third-order valence-electron chi connectivity index (χ3n) is 3.52. The molecule has 7 heteroatoms. The van der Waals surface area contributed by atoms with Gasteiger partial charge in [-0.3, -0.25) is 4.79 Å². The Hall–Kier alpha value is -2.38. The summed E-state index contributed by atoms with van der Waals surface area (Å²) in [5, 5.41) is 4.73. The summed E-state index contributed by atoms with van der Waals surface area (Å²) >= 11 is 3.08. The summed E-state index contributed by atoms with van der Waals surface area (Å²) in [4.78, 5) is 16.6. The summed E-state index contributed by atoms with van der Waals surface area (Å²) in [7, 11) is 1.60. The van der Waals surface area contributed by atoms with Gasteiger partial charge in [0.1, 0.15) is 15.9 Å². The van der Waals surface area contributed by atoms with Crippen molar-refractivity contribution in [1.29, 1.82) is 0 Å². The lowest BCUT2D eigenvalue weighted by Crippen LogP contribution is -2.14. The Bertz CT molecular complexity index is 864. The fourth-order valence-corrected chi connectivity index (χ4v) is 4.01. The Morgan fingerprint density at radius 3 is 2.62 bits per heavy atom. The number of carbonyl (C=O) groups is 1. The maximum atomic E-state index is 12.9. The van der Waals surface area contributed by atoms with E-state index in [1.807, 2.05) is 5.38 Å². The number of thiazole rings is 1. The first-order chi connectivity index (χ1) is 12.6. The van der Waals surface area contributed by atoms with Crippen LogP contribution in [-0.4, -0.2) is 18.0 Å². The summed E-state index contributed by atoms with van der Waals surface area (Å²) in [5.41, 5.74) is 2.49. The molecule has 1 heterocycles. The Morgan fingerprint density at radius 1 is 1.19 bits per heavy atom. The third kappa shape index (κ3) is 5.31. The van der Waals surface area contributed by atoms with Gasteiger partial charge in [0.15, 0.2) is 0 Å². The first kappa shape index (κ1) is 18.4. The van der Waals surface area contributed by atoms with Gasteiger partial charge in [0.05, 0.1) is 19.2 Å². The third-order valence-corrected chi connectivity index (χ3v) is 5.66. The monoisotopic (exact) mass is 388 g/mol. The largest absolute Gasteiger partial charge is 0.497 e. The molecule has 0 fully saturated rings. The van der Waals surface area contributed by atoms with E-state index in [4.69, 9.17) is 4.74 Å². The van der Waals surface area contributed by atoms with Crippen molar-refractivity contribution in [3.05, 3.63) is 71.0 Å². The highest BCUT2D eigenvalue weighted by molar-refractivity contribution is 8.00. The number of thioether (sulfide) groups is 1. The lowest BCUT2D eigenvalue weighted by molar-refractivity contribution is -0.115. The molecular weight excluding hydrogens is 371 g/mol. The molecule has 4 nitrogen and oxygen atoms in total. The van der Waals surface area contributed by atoms with Gasteiger partial charge in [0.25, 0.3) is 0 Å². The molecule has 0 saturated heterocycles. The van der Waals surface area contributed by atoms with Gasteiger partial charge in [-0.05, 0) is 42.0 Å². The Balaban J connectivity index is 1.50. The number of benzene rings is 2. The molecular formula is C19H17FN2O2S2. The number of nitrogens with zero attached hydrogens (tertiary/aromatic N) is 1. The molecule has 0 aliphatic carbocycles. The zero-order chi connectivity index (χ0) is 18.4. The highest BCUT2D eigenvalue weighted by Gasteiger charge is 2.09. The van der Waals surface area contributed by atoms with Crippen molar-refractivity contribution in [2.45, 2.75) is 16.5 Å². The van der Waals surface area contributed by atoms with Crippen molar-refractivity contribution in [3.8, 4) is 5.75 Å². The molecule has 0 aliphatic heterocycles. The van der Waals surface area contributed by atoms with Gasteiger partial charge in [0, 0.05) is 16.8 Å². The molecule has 0 spiro atoms. The lowest BCUT2D eigenvalue weighted by Gasteiger charge is -2.05. The van der Waals surface area contributed by atoms with Crippen LogP contribution in [0, 0.1) is 5.82 Å². The van der Waals surface area contributed by atoms with Crippen LogP contribution in [0.5, 0.6) is 5.75 Å². The van der Waals surface area contributed by atoms with Crippen LogP contribution in [0.3, 0.4) is 0 Å². The number of halogens is 1. The quantitative estimate of drug-likeness (QED) is 0.593. The van der Waals surface area contributed by atoms with Crippen molar-refractivity contribution < 1.29 is 13.9 Å². The van der Waals surface area contributed by atoms with E-state index in [-0.39, 0.29) is 18.1 Å². The number of aromatic nitrogens is 1. The minimum absolute atomic E-state index is 0.115. The van der Waals surface area contributed by atoms with Crippen molar-refractivity contribution in [1.82, 2.24) is 4.98 Å². The molecule has 1 aromatic heterocycles. The fourth-order valence-electron chi connectivity index (χ4n) is 2.21. The number of methoxy groups -OCH3 is 1. The molecule has 0 radical (unpaired) electrons. The lowest BCUT2D eigenvalue weighted by atomic mass is 10.2. The molecule has 0 aliphatic rings. The molecule has 3 rings (SSSR count). The van der Waals surface area contributed by atoms with E-state index in [2.05, 4.69) is 10.3 Å². The van der Waals surface area contributed by atoms with Crippen molar-refractivity contribution in [2.75, 3.05) is 12.4 Å². The van der Waals surface area contributed by atoms with Gasteiger partial charge < -0.3 is 10.1 Å². The average molecular weight is 388 g/mol. The summed E-state index contributed by atoms with van der Waals surface area (Å²) in [5.74, 6) is 1.10. The molecule has 26 heavy (non-hydrogen) atoms. The van der Waals surface area contributed by atoms with E-state index >= 15 is 0 Å². The van der Waals surface area contributed by atoms with Crippen LogP contribution in [0.2, 0.25) is 0 Å². The van der Waals surface area contributed by atoms with E-state index in [1.165, 1.54) is 23.5 Å². The number of nitrogens with one attached hydrogen (secondary N) is 1. The second-order valence-corrected chi connectivity index (χ2v) is 7.55. The van der Waals surface area contributed by atoms with E-state index in [1.54, 1.807) is 55.3 Å². The minimum Gasteiger partial charge on any atom is -0.497 e. The molecule has 2 aromatic carbocycles. The number of hydrogen-bond acceptors (Lipinski definition) is 5. The van der Waals surface area contributed by atoms with Crippen LogP contribution in [0.4, 0.5) is 10.1 Å². The average Bonchev–Trinajstić information content (AvgIpc) is 3.09. The first-order valence-corrected chi connectivity index (χ1v) is 9.74. The molecule has 0 unspecified atom stereocenters. The minimum atomic E-state index is -0.238. The van der Waals surface area contributed by atoms with Crippen LogP contribution < -0.4 is 10.1 Å². The number of hydrogen-bond donors (Lipinski definition) is 1. The van der Waals surface area contributed by atoms with Gasteiger partial charge in [-0.2, -0.15) is 0 Å². The Kier molecular flexibility index (Phi) is 6.25. The van der Waals surface area contributed by atoms with Crippen LogP contribution in [0.1, 0.15) is 11.3 Å².